The number of amides is 1. The van der Waals surface area contributed by atoms with E-state index in [9.17, 15) is 14.7 Å². The largest absolute Gasteiger partial charge is 0.481 e. The second-order valence-electron chi connectivity index (χ2n) is 6.62. The van der Waals surface area contributed by atoms with E-state index < -0.39 is 11.9 Å². The third kappa shape index (κ3) is 1.97. The molecule has 1 aromatic rings. The van der Waals surface area contributed by atoms with Gasteiger partial charge in [0.2, 0.25) is 5.91 Å². The van der Waals surface area contributed by atoms with E-state index in [-0.39, 0.29) is 23.7 Å². The number of hydrogen-bond acceptors (Lipinski definition) is 2. The Morgan fingerprint density at radius 1 is 1.05 bits per heavy atom. The van der Waals surface area contributed by atoms with E-state index >= 15 is 0 Å². The number of carboxylic acid groups (broad SMARTS) is 1. The Morgan fingerprint density at radius 2 is 1.73 bits per heavy atom. The molecule has 4 atom stereocenters. The third-order valence-electron chi connectivity index (χ3n) is 5.47. The molecule has 0 saturated heterocycles. The highest BCUT2D eigenvalue weighted by atomic mass is 16.4. The van der Waals surface area contributed by atoms with Crippen molar-refractivity contribution < 1.29 is 14.7 Å². The number of allylic oxidation sites excluding steroid dienone is 2. The van der Waals surface area contributed by atoms with Gasteiger partial charge in [-0.25, -0.2) is 0 Å². The lowest BCUT2D eigenvalue weighted by molar-refractivity contribution is -0.151. The van der Waals surface area contributed by atoms with Crippen LogP contribution in [0.2, 0.25) is 0 Å². The van der Waals surface area contributed by atoms with E-state index in [4.69, 9.17) is 0 Å². The predicted molar refractivity (Wildman–Crippen MR) is 80.9 cm³/mol. The van der Waals surface area contributed by atoms with Crippen molar-refractivity contribution in [3.8, 4) is 0 Å². The Labute approximate surface area is 129 Å². The SMILES string of the molecule is O=C(O)[C@@H]1[C@H](C(=O)N2CCc3ccccc3C2)[C@H]2C=C[C@H]1C2. The van der Waals surface area contributed by atoms with Gasteiger partial charge in [0.1, 0.15) is 0 Å². The van der Waals surface area contributed by atoms with Gasteiger partial charge in [0.25, 0.3) is 0 Å². The lowest BCUT2D eigenvalue weighted by Gasteiger charge is -2.34. The van der Waals surface area contributed by atoms with Crippen LogP contribution in [0.4, 0.5) is 0 Å². The Bertz CT molecular complexity index is 666. The van der Waals surface area contributed by atoms with Gasteiger partial charge in [-0.2, -0.15) is 0 Å². The number of nitrogens with zero attached hydrogens (tertiary/aromatic N) is 1. The van der Waals surface area contributed by atoms with Crippen LogP contribution in [0, 0.1) is 23.7 Å². The first kappa shape index (κ1) is 13.6. The van der Waals surface area contributed by atoms with E-state index in [1.54, 1.807) is 0 Å². The Balaban J connectivity index is 1.58. The van der Waals surface area contributed by atoms with Gasteiger partial charge in [0, 0.05) is 13.1 Å². The maximum absolute atomic E-state index is 12.9. The minimum absolute atomic E-state index is 0.0266. The van der Waals surface area contributed by atoms with Crippen molar-refractivity contribution in [3.05, 3.63) is 47.5 Å². The van der Waals surface area contributed by atoms with Crippen LogP contribution in [0.25, 0.3) is 0 Å². The summed E-state index contributed by atoms with van der Waals surface area (Å²) < 4.78 is 0. The summed E-state index contributed by atoms with van der Waals surface area (Å²) in [6.45, 7) is 1.30. The van der Waals surface area contributed by atoms with Gasteiger partial charge in [-0.1, -0.05) is 36.4 Å². The number of aliphatic carboxylic acids is 1. The first-order valence-electron chi connectivity index (χ1n) is 7.92. The molecule has 1 aliphatic heterocycles. The zero-order valence-corrected chi connectivity index (χ0v) is 12.3. The Hall–Kier alpha value is -2.10. The number of fused-ring (bicyclic) bond motifs is 3. The summed E-state index contributed by atoms with van der Waals surface area (Å²) in [7, 11) is 0. The number of carbonyl (C=O) groups excluding carboxylic acids is 1. The molecule has 22 heavy (non-hydrogen) atoms. The van der Waals surface area contributed by atoms with Gasteiger partial charge in [-0.05, 0) is 35.8 Å². The quantitative estimate of drug-likeness (QED) is 0.850. The molecule has 2 bridgehead atoms. The molecule has 1 fully saturated rings. The zero-order chi connectivity index (χ0) is 15.3. The summed E-state index contributed by atoms with van der Waals surface area (Å²) in [4.78, 5) is 26.4. The summed E-state index contributed by atoms with van der Waals surface area (Å²) in [6, 6.07) is 8.19. The second-order valence-corrected chi connectivity index (χ2v) is 6.62. The molecule has 1 aromatic carbocycles. The van der Waals surface area contributed by atoms with E-state index in [0.29, 0.717) is 13.1 Å². The smallest absolute Gasteiger partial charge is 0.307 e. The normalized spacial score (nSPS) is 32.1. The molecule has 0 radical (unpaired) electrons. The van der Waals surface area contributed by atoms with E-state index in [0.717, 1.165) is 12.8 Å². The minimum Gasteiger partial charge on any atom is -0.481 e. The Morgan fingerprint density at radius 3 is 2.45 bits per heavy atom. The van der Waals surface area contributed by atoms with Crippen molar-refractivity contribution >= 4 is 11.9 Å². The van der Waals surface area contributed by atoms with Crippen LogP contribution < -0.4 is 0 Å². The van der Waals surface area contributed by atoms with Crippen molar-refractivity contribution in [2.45, 2.75) is 19.4 Å². The molecule has 0 aromatic heterocycles. The van der Waals surface area contributed by atoms with E-state index in [1.165, 1.54) is 11.1 Å². The van der Waals surface area contributed by atoms with Crippen molar-refractivity contribution in [3.63, 3.8) is 0 Å². The van der Waals surface area contributed by atoms with Crippen molar-refractivity contribution in [2.24, 2.45) is 23.7 Å². The van der Waals surface area contributed by atoms with Crippen LogP contribution in [0.15, 0.2) is 36.4 Å². The van der Waals surface area contributed by atoms with Crippen molar-refractivity contribution in [1.82, 2.24) is 4.90 Å². The highest BCUT2D eigenvalue weighted by Crippen LogP contribution is 2.49. The van der Waals surface area contributed by atoms with Crippen LogP contribution in [-0.4, -0.2) is 28.4 Å². The number of carbonyl (C=O) groups is 2. The molecule has 4 rings (SSSR count). The molecule has 1 saturated carbocycles. The molecule has 4 heteroatoms. The van der Waals surface area contributed by atoms with Crippen LogP contribution in [0.1, 0.15) is 17.5 Å². The predicted octanol–water partition coefficient (Wildman–Crippen LogP) is 2.09. The first-order chi connectivity index (χ1) is 10.6. The van der Waals surface area contributed by atoms with Gasteiger partial charge < -0.3 is 10.0 Å². The number of rotatable bonds is 2. The van der Waals surface area contributed by atoms with E-state index in [1.807, 2.05) is 29.2 Å². The lowest BCUT2D eigenvalue weighted by Crippen LogP contribution is -2.44. The summed E-state index contributed by atoms with van der Waals surface area (Å²) in [6.07, 6.45) is 5.71. The third-order valence-corrected chi connectivity index (χ3v) is 5.47. The van der Waals surface area contributed by atoms with Crippen molar-refractivity contribution in [2.75, 3.05) is 6.54 Å². The van der Waals surface area contributed by atoms with Crippen LogP contribution >= 0.6 is 0 Å². The highest BCUT2D eigenvalue weighted by molar-refractivity contribution is 5.87. The molecular weight excluding hydrogens is 278 g/mol. The molecule has 0 unspecified atom stereocenters. The maximum Gasteiger partial charge on any atom is 0.307 e. The van der Waals surface area contributed by atoms with Crippen LogP contribution in [-0.2, 0) is 22.6 Å². The number of benzene rings is 1. The van der Waals surface area contributed by atoms with E-state index in [2.05, 4.69) is 12.1 Å². The number of carboxylic acids is 1. The monoisotopic (exact) mass is 297 g/mol. The Kier molecular flexibility index (Phi) is 3.06. The molecule has 1 amide bonds. The zero-order valence-electron chi connectivity index (χ0n) is 12.3. The van der Waals surface area contributed by atoms with Gasteiger partial charge >= 0.3 is 5.97 Å². The molecule has 3 aliphatic rings. The summed E-state index contributed by atoms with van der Waals surface area (Å²) in [5, 5.41) is 9.51. The fourth-order valence-corrected chi connectivity index (χ4v) is 4.39. The highest BCUT2D eigenvalue weighted by Gasteiger charge is 2.52. The average Bonchev–Trinajstić information content (AvgIpc) is 3.14. The standard InChI is InChI=1S/C18H19NO3/c20-17(15-12-5-6-13(9-12)16(15)18(21)22)19-8-7-11-3-1-2-4-14(11)10-19/h1-6,12-13,15-16H,7-10H2,(H,21,22)/t12-,13-,15+,16-/m0/s1. The van der Waals surface area contributed by atoms with Gasteiger partial charge in [0.15, 0.2) is 0 Å². The summed E-state index contributed by atoms with van der Waals surface area (Å²) in [5.74, 6) is -1.58. The minimum atomic E-state index is -0.826. The fourth-order valence-electron chi connectivity index (χ4n) is 4.39. The molecular formula is C18H19NO3. The topological polar surface area (TPSA) is 57.6 Å². The second kappa shape index (κ2) is 4.97. The van der Waals surface area contributed by atoms with Crippen LogP contribution in [0.5, 0.6) is 0 Å². The van der Waals surface area contributed by atoms with Crippen molar-refractivity contribution in [1.29, 1.82) is 0 Å². The summed E-state index contributed by atoms with van der Waals surface area (Å²) >= 11 is 0. The molecule has 1 heterocycles. The molecule has 2 aliphatic carbocycles. The number of hydrogen-bond donors (Lipinski definition) is 1. The van der Waals surface area contributed by atoms with Gasteiger partial charge in [-0.3, -0.25) is 9.59 Å². The van der Waals surface area contributed by atoms with Gasteiger partial charge in [-0.15, -0.1) is 0 Å². The first-order valence-corrected chi connectivity index (χ1v) is 7.92. The average molecular weight is 297 g/mol. The van der Waals surface area contributed by atoms with Crippen LogP contribution in [0.3, 0.4) is 0 Å². The fraction of sp³-hybridized carbons (Fsp3) is 0.444. The maximum atomic E-state index is 12.9. The molecule has 0 spiro atoms. The van der Waals surface area contributed by atoms with Gasteiger partial charge in [0.05, 0.1) is 11.8 Å². The molecule has 1 N–H and O–H groups in total. The molecule has 114 valence electrons. The summed E-state index contributed by atoms with van der Waals surface area (Å²) in [5.41, 5.74) is 2.49. The molecule has 4 nitrogen and oxygen atoms in total. The lowest BCUT2D eigenvalue weighted by atomic mass is 9.81.